The number of nitrogens with zero attached hydrogens (tertiary/aromatic N) is 1. The van der Waals surface area contributed by atoms with Crippen LogP contribution >= 0.6 is 0 Å². The topological polar surface area (TPSA) is 80.5 Å². The van der Waals surface area contributed by atoms with Crippen molar-refractivity contribution in [2.24, 2.45) is 5.14 Å². The Morgan fingerprint density at radius 1 is 1.00 bits per heavy atom. The van der Waals surface area contributed by atoms with Gasteiger partial charge in [0.25, 0.3) is 5.91 Å². The van der Waals surface area contributed by atoms with Crippen LogP contribution in [0.15, 0.2) is 53.4 Å². The molecule has 2 aromatic rings. The standard InChI is InChI=1S/C18H20N2O3S/c19-24(22,23)17-6-2-1-5-16(17)13-14-7-9-15(10-8-14)18(21)20-11-3-4-12-20/h1-2,5-10H,3-4,11-13H2,(H2,19,22,23). The third-order valence-corrected chi connectivity index (χ3v) is 5.28. The van der Waals surface area contributed by atoms with Gasteiger partial charge in [-0.2, -0.15) is 0 Å². The van der Waals surface area contributed by atoms with Crippen molar-refractivity contribution < 1.29 is 13.2 Å². The van der Waals surface area contributed by atoms with Gasteiger partial charge in [-0.3, -0.25) is 4.79 Å². The zero-order valence-corrected chi connectivity index (χ0v) is 14.1. The molecule has 0 aliphatic carbocycles. The Morgan fingerprint density at radius 3 is 2.25 bits per heavy atom. The van der Waals surface area contributed by atoms with Gasteiger partial charge in [-0.1, -0.05) is 30.3 Å². The summed E-state index contributed by atoms with van der Waals surface area (Å²) >= 11 is 0. The number of likely N-dealkylation sites (tertiary alicyclic amines) is 1. The van der Waals surface area contributed by atoms with E-state index in [4.69, 9.17) is 5.14 Å². The second-order valence-electron chi connectivity index (χ2n) is 6.03. The van der Waals surface area contributed by atoms with Gasteiger partial charge < -0.3 is 4.90 Å². The number of hydrogen-bond acceptors (Lipinski definition) is 3. The lowest BCUT2D eigenvalue weighted by molar-refractivity contribution is 0.0793. The second-order valence-corrected chi connectivity index (χ2v) is 7.56. The summed E-state index contributed by atoms with van der Waals surface area (Å²) in [5.74, 6) is 0.0592. The third kappa shape index (κ3) is 3.66. The fourth-order valence-electron chi connectivity index (χ4n) is 3.02. The van der Waals surface area contributed by atoms with Crippen molar-refractivity contribution in [2.45, 2.75) is 24.2 Å². The van der Waals surface area contributed by atoms with E-state index >= 15 is 0 Å². The number of carbonyl (C=O) groups excluding carboxylic acids is 1. The first-order valence-electron chi connectivity index (χ1n) is 7.94. The number of sulfonamides is 1. The number of nitrogens with two attached hydrogens (primary N) is 1. The summed E-state index contributed by atoms with van der Waals surface area (Å²) in [7, 11) is -3.75. The van der Waals surface area contributed by atoms with E-state index in [1.165, 1.54) is 6.07 Å². The molecule has 3 rings (SSSR count). The average molecular weight is 344 g/mol. The molecular formula is C18H20N2O3S. The molecule has 0 bridgehead atoms. The predicted octanol–water partition coefficient (Wildman–Crippen LogP) is 2.16. The summed E-state index contributed by atoms with van der Waals surface area (Å²) in [6, 6.07) is 14.0. The largest absolute Gasteiger partial charge is 0.339 e. The van der Waals surface area contributed by atoms with Crippen LogP contribution in [0.25, 0.3) is 0 Å². The normalized spacial score (nSPS) is 14.8. The Balaban J connectivity index is 1.79. The molecule has 1 aliphatic rings. The molecule has 1 aliphatic heterocycles. The van der Waals surface area contributed by atoms with Crippen molar-refractivity contribution in [3.05, 3.63) is 65.2 Å². The zero-order chi connectivity index (χ0) is 17.2. The zero-order valence-electron chi connectivity index (χ0n) is 13.3. The molecule has 2 N–H and O–H groups in total. The Bertz CT molecular complexity index is 839. The average Bonchev–Trinajstić information content (AvgIpc) is 3.09. The molecule has 0 radical (unpaired) electrons. The lowest BCUT2D eigenvalue weighted by atomic mass is 10.0. The lowest BCUT2D eigenvalue weighted by Crippen LogP contribution is -2.27. The summed E-state index contributed by atoms with van der Waals surface area (Å²) in [5, 5.41) is 5.27. The summed E-state index contributed by atoms with van der Waals surface area (Å²) in [4.78, 5) is 14.3. The van der Waals surface area contributed by atoms with Crippen molar-refractivity contribution in [1.29, 1.82) is 0 Å². The molecule has 0 spiro atoms. The molecule has 24 heavy (non-hydrogen) atoms. The lowest BCUT2D eigenvalue weighted by Gasteiger charge is -2.15. The van der Waals surface area contributed by atoms with Gasteiger partial charge in [0.1, 0.15) is 0 Å². The number of rotatable bonds is 4. The van der Waals surface area contributed by atoms with Gasteiger partial charge in [0.15, 0.2) is 0 Å². The maximum absolute atomic E-state index is 12.3. The molecular weight excluding hydrogens is 324 g/mol. The van der Waals surface area contributed by atoms with Crippen LogP contribution in [0, 0.1) is 0 Å². The van der Waals surface area contributed by atoms with Gasteiger partial charge in [0.2, 0.25) is 10.0 Å². The molecule has 1 heterocycles. The van der Waals surface area contributed by atoms with Crippen molar-refractivity contribution in [3.8, 4) is 0 Å². The Hall–Kier alpha value is -2.18. The van der Waals surface area contributed by atoms with Crippen molar-refractivity contribution in [3.63, 3.8) is 0 Å². The molecule has 5 nitrogen and oxygen atoms in total. The number of benzene rings is 2. The second kappa shape index (κ2) is 6.75. The van der Waals surface area contributed by atoms with E-state index in [9.17, 15) is 13.2 Å². The number of amides is 1. The summed E-state index contributed by atoms with van der Waals surface area (Å²) < 4.78 is 23.3. The minimum atomic E-state index is -3.75. The van der Waals surface area contributed by atoms with Crippen LogP contribution in [0.4, 0.5) is 0 Å². The SMILES string of the molecule is NS(=O)(=O)c1ccccc1Cc1ccc(C(=O)N2CCCC2)cc1. The molecule has 2 aromatic carbocycles. The minimum Gasteiger partial charge on any atom is -0.339 e. The minimum absolute atomic E-state index is 0.0592. The number of primary sulfonamides is 1. The van der Waals surface area contributed by atoms with E-state index < -0.39 is 10.0 Å². The highest BCUT2D eigenvalue weighted by molar-refractivity contribution is 7.89. The van der Waals surface area contributed by atoms with E-state index in [2.05, 4.69) is 0 Å². The molecule has 0 aromatic heterocycles. The smallest absolute Gasteiger partial charge is 0.253 e. The molecule has 1 fully saturated rings. The summed E-state index contributed by atoms with van der Waals surface area (Å²) in [6.45, 7) is 1.64. The fraction of sp³-hybridized carbons (Fsp3) is 0.278. The Morgan fingerprint density at radius 2 is 1.62 bits per heavy atom. The van der Waals surface area contributed by atoms with E-state index in [0.717, 1.165) is 31.5 Å². The maximum atomic E-state index is 12.3. The van der Waals surface area contributed by atoms with Gasteiger partial charge >= 0.3 is 0 Å². The first-order valence-corrected chi connectivity index (χ1v) is 9.49. The van der Waals surface area contributed by atoms with Crippen LogP contribution in [0.3, 0.4) is 0 Å². The molecule has 0 unspecified atom stereocenters. The van der Waals surface area contributed by atoms with Crippen LogP contribution in [-0.2, 0) is 16.4 Å². The van der Waals surface area contributed by atoms with Crippen molar-refractivity contribution >= 4 is 15.9 Å². The highest BCUT2D eigenvalue weighted by Gasteiger charge is 2.19. The van der Waals surface area contributed by atoms with Crippen LogP contribution in [0.1, 0.15) is 34.3 Å². The monoisotopic (exact) mass is 344 g/mol. The fourth-order valence-corrected chi connectivity index (χ4v) is 3.79. The van der Waals surface area contributed by atoms with Crippen LogP contribution < -0.4 is 5.14 Å². The quantitative estimate of drug-likeness (QED) is 0.923. The summed E-state index contributed by atoms with van der Waals surface area (Å²) in [6.07, 6.45) is 2.58. The van der Waals surface area contributed by atoms with Gasteiger partial charge in [-0.25, -0.2) is 13.6 Å². The molecule has 6 heteroatoms. The first kappa shape index (κ1) is 16.7. The third-order valence-electron chi connectivity index (χ3n) is 4.27. The van der Waals surface area contributed by atoms with Crippen molar-refractivity contribution in [2.75, 3.05) is 13.1 Å². The van der Waals surface area contributed by atoms with Gasteiger partial charge in [-0.05, 0) is 48.6 Å². The molecule has 0 saturated carbocycles. The van der Waals surface area contributed by atoms with E-state index in [1.807, 2.05) is 17.0 Å². The Labute approximate surface area is 142 Å². The van der Waals surface area contributed by atoms with Gasteiger partial charge in [0, 0.05) is 18.7 Å². The molecule has 0 atom stereocenters. The van der Waals surface area contributed by atoms with E-state index in [1.54, 1.807) is 30.3 Å². The van der Waals surface area contributed by atoms with Gasteiger partial charge in [-0.15, -0.1) is 0 Å². The van der Waals surface area contributed by atoms with Gasteiger partial charge in [0.05, 0.1) is 4.90 Å². The van der Waals surface area contributed by atoms with Crippen LogP contribution in [0.5, 0.6) is 0 Å². The molecule has 1 saturated heterocycles. The molecule has 126 valence electrons. The Kier molecular flexibility index (Phi) is 4.69. The first-order chi connectivity index (χ1) is 11.4. The predicted molar refractivity (Wildman–Crippen MR) is 92.2 cm³/mol. The number of hydrogen-bond donors (Lipinski definition) is 1. The molecule has 1 amide bonds. The van der Waals surface area contributed by atoms with Crippen molar-refractivity contribution in [1.82, 2.24) is 4.90 Å². The van der Waals surface area contributed by atoms with Crippen LogP contribution in [-0.4, -0.2) is 32.3 Å². The highest BCUT2D eigenvalue weighted by Crippen LogP contribution is 2.19. The highest BCUT2D eigenvalue weighted by atomic mass is 32.2. The summed E-state index contributed by atoms with van der Waals surface area (Å²) in [5.41, 5.74) is 2.25. The van der Waals surface area contributed by atoms with E-state index in [-0.39, 0.29) is 10.8 Å². The maximum Gasteiger partial charge on any atom is 0.253 e. The number of carbonyl (C=O) groups is 1. The van der Waals surface area contributed by atoms with E-state index in [0.29, 0.717) is 17.5 Å². The van der Waals surface area contributed by atoms with Crippen LogP contribution in [0.2, 0.25) is 0 Å².